The standard InChI is InChI=1S/C24H24N4O4/c1-15(29)17-7-9-21(10-8-17)26-23(30)19-11-13-28(14-12-19)24(31)20-5-3-18(4-6-20)22-25-16(2)32-27-22/h3-10,19H,11-14H2,1-2H3,(H,26,30). The Hall–Kier alpha value is -3.81. The molecule has 3 aromatic rings. The largest absolute Gasteiger partial charge is 0.339 e. The molecule has 164 valence electrons. The van der Waals surface area contributed by atoms with E-state index in [9.17, 15) is 14.4 Å². The highest BCUT2D eigenvalue weighted by atomic mass is 16.5. The molecule has 2 heterocycles. The monoisotopic (exact) mass is 432 g/mol. The quantitative estimate of drug-likeness (QED) is 0.616. The number of hydrogen-bond donors (Lipinski definition) is 1. The van der Waals surface area contributed by atoms with Gasteiger partial charge in [-0.25, -0.2) is 0 Å². The second kappa shape index (κ2) is 9.13. The van der Waals surface area contributed by atoms with Gasteiger partial charge < -0.3 is 14.7 Å². The summed E-state index contributed by atoms with van der Waals surface area (Å²) < 4.78 is 4.99. The maximum absolute atomic E-state index is 12.9. The zero-order chi connectivity index (χ0) is 22.7. The van der Waals surface area contributed by atoms with Gasteiger partial charge in [0.15, 0.2) is 5.78 Å². The van der Waals surface area contributed by atoms with Crippen molar-refractivity contribution in [3.05, 3.63) is 65.5 Å². The Morgan fingerprint density at radius 1 is 0.969 bits per heavy atom. The number of piperidine rings is 1. The van der Waals surface area contributed by atoms with Gasteiger partial charge in [-0.3, -0.25) is 14.4 Å². The minimum absolute atomic E-state index is 0.0144. The van der Waals surface area contributed by atoms with Gasteiger partial charge in [-0.1, -0.05) is 17.3 Å². The summed E-state index contributed by atoms with van der Waals surface area (Å²) in [5.74, 6) is 0.686. The van der Waals surface area contributed by atoms with Crippen LogP contribution in [-0.2, 0) is 4.79 Å². The van der Waals surface area contributed by atoms with Crippen LogP contribution in [-0.4, -0.2) is 45.7 Å². The SMILES string of the molecule is CC(=O)c1ccc(NC(=O)C2CCN(C(=O)c3ccc(-c4noc(C)n4)cc3)CC2)cc1. The first-order valence-corrected chi connectivity index (χ1v) is 10.5. The molecule has 4 rings (SSSR count). The molecule has 0 radical (unpaired) electrons. The van der Waals surface area contributed by atoms with E-state index < -0.39 is 0 Å². The summed E-state index contributed by atoms with van der Waals surface area (Å²) in [6.45, 7) is 4.27. The van der Waals surface area contributed by atoms with E-state index in [4.69, 9.17) is 4.52 Å². The smallest absolute Gasteiger partial charge is 0.253 e. The van der Waals surface area contributed by atoms with Crippen molar-refractivity contribution in [3.63, 3.8) is 0 Å². The molecule has 0 spiro atoms. The molecule has 0 atom stereocenters. The van der Waals surface area contributed by atoms with E-state index in [-0.39, 0.29) is 23.5 Å². The van der Waals surface area contributed by atoms with E-state index >= 15 is 0 Å². The van der Waals surface area contributed by atoms with Gasteiger partial charge in [-0.15, -0.1) is 0 Å². The molecule has 0 aliphatic carbocycles. The summed E-state index contributed by atoms with van der Waals surface area (Å²) in [4.78, 5) is 42.8. The number of hydrogen-bond acceptors (Lipinski definition) is 6. The van der Waals surface area contributed by atoms with Gasteiger partial charge in [0.2, 0.25) is 17.6 Å². The first kappa shape index (κ1) is 21.4. The van der Waals surface area contributed by atoms with E-state index in [0.717, 1.165) is 5.56 Å². The third kappa shape index (κ3) is 4.74. The number of nitrogens with one attached hydrogen (secondary N) is 1. The van der Waals surface area contributed by atoms with E-state index in [1.807, 2.05) is 0 Å². The average Bonchev–Trinajstić information content (AvgIpc) is 3.25. The molecule has 2 aromatic carbocycles. The van der Waals surface area contributed by atoms with Crippen LogP contribution >= 0.6 is 0 Å². The number of anilines is 1. The van der Waals surface area contributed by atoms with Gasteiger partial charge in [-0.2, -0.15) is 4.98 Å². The van der Waals surface area contributed by atoms with Crippen molar-refractivity contribution in [3.8, 4) is 11.4 Å². The Bertz CT molecular complexity index is 1130. The minimum atomic E-state index is -0.157. The summed E-state index contributed by atoms with van der Waals surface area (Å²) >= 11 is 0. The highest BCUT2D eigenvalue weighted by Gasteiger charge is 2.28. The maximum atomic E-state index is 12.9. The number of ketones is 1. The van der Waals surface area contributed by atoms with E-state index in [2.05, 4.69) is 15.5 Å². The number of aromatic nitrogens is 2. The number of carbonyl (C=O) groups excluding carboxylic acids is 3. The molecular weight excluding hydrogens is 408 g/mol. The summed E-state index contributed by atoms with van der Waals surface area (Å²) in [6, 6.07) is 14.0. The molecule has 1 saturated heterocycles. The highest BCUT2D eigenvalue weighted by Crippen LogP contribution is 2.23. The number of rotatable bonds is 5. The highest BCUT2D eigenvalue weighted by molar-refractivity contribution is 5.97. The van der Waals surface area contributed by atoms with Crippen LogP contribution in [0.4, 0.5) is 5.69 Å². The van der Waals surface area contributed by atoms with Gasteiger partial charge in [0, 0.05) is 48.3 Å². The molecule has 8 nitrogen and oxygen atoms in total. The molecule has 0 bridgehead atoms. The predicted molar refractivity (Wildman–Crippen MR) is 118 cm³/mol. The fraction of sp³-hybridized carbons (Fsp3) is 0.292. The summed E-state index contributed by atoms with van der Waals surface area (Å²) in [7, 11) is 0. The van der Waals surface area contributed by atoms with Gasteiger partial charge in [-0.05, 0) is 56.2 Å². The molecule has 1 aliphatic rings. The summed E-state index contributed by atoms with van der Waals surface area (Å²) in [5, 5.41) is 6.79. The van der Waals surface area contributed by atoms with Crippen molar-refractivity contribution in [1.82, 2.24) is 15.0 Å². The number of carbonyl (C=O) groups is 3. The number of benzene rings is 2. The Balaban J connectivity index is 1.31. The van der Waals surface area contributed by atoms with Crippen molar-refractivity contribution in [2.75, 3.05) is 18.4 Å². The van der Waals surface area contributed by atoms with Crippen molar-refractivity contribution in [2.24, 2.45) is 5.92 Å². The third-order valence-electron chi connectivity index (χ3n) is 5.63. The zero-order valence-electron chi connectivity index (χ0n) is 18.0. The number of amides is 2. The normalized spacial score (nSPS) is 14.2. The average molecular weight is 432 g/mol. The third-order valence-corrected chi connectivity index (χ3v) is 5.63. The molecule has 32 heavy (non-hydrogen) atoms. The number of nitrogens with zero attached hydrogens (tertiary/aromatic N) is 3. The van der Waals surface area contributed by atoms with Gasteiger partial charge >= 0.3 is 0 Å². The van der Waals surface area contributed by atoms with Gasteiger partial charge in [0.05, 0.1) is 0 Å². The second-order valence-electron chi connectivity index (χ2n) is 7.90. The van der Waals surface area contributed by atoms with E-state index in [1.165, 1.54) is 6.92 Å². The van der Waals surface area contributed by atoms with Crippen LogP contribution in [0.15, 0.2) is 53.1 Å². The van der Waals surface area contributed by atoms with Gasteiger partial charge in [0.25, 0.3) is 5.91 Å². The summed E-state index contributed by atoms with van der Waals surface area (Å²) in [5.41, 5.74) is 2.64. The lowest BCUT2D eigenvalue weighted by Crippen LogP contribution is -2.41. The van der Waals surface area contributed by atoms with Crippen LogP contribution in [0.5, 0.6) is 0 Å². The number of aryl methyl sites for hydroxylation is 1. The van der Waals surface area contributed by atoms with Crippen LogP contribution in [0.1, 0.15) is 46.4 Å². The van der Waals surface area contributed by atoms with Crippen LogP contribution in [0, 0.1) is 12.8 Å². The number of likely N-dealkylation sites (tertiary alicyclic amines) is 1. The molecule has 0 saturated carbocycles. The van der Waals surface area contributed by atoms with Crippen molar-refractivity contribution < 1.29 is 18.9 Å². The molecular formula is C24H24N4O4. The second-order valence-corrected chi connectivity index (χ2v) is 7.90. The lowest BCUT2D eigenvalue weighted by atomic mass is 9.95. The zero-order valence-corrected chi connectivity index (χ0v) is 18.0. The topological polar surface area (TPSA) is 105 Å². The van der Waals surface area contributed by atoms with Crippen molar-refractivity contribution in [1.29, 1.82) is 0 Å². The Morgan fingerprint density at radius 3 is 2.16 bits per heavy atom. The Kier molecular flexibility index (Phi) is 6.11. The van der Waals surface area contributed by atoms with Crippen molar-refractivity contribution >= 4 is 23.3 Å². The molecule has 1 fully saturated rings. The fourth-order valence-corrected chi connectivity index (χ4v) is 3.74. The fourth-order valence-electron chi connectivity index (χ4n) is 3.74. The number of Topliss-reactive ketones (excluding diaryl/α,β-unsaturated/α-hetero) is 1. The van der Waals surface area contributed by atoms with E-state index in [1.54, 1.807) is 60.4 Å². The molecule has 1 aromatic heterocycles. The van der Waals surface area contributed by atoms with Crippen LogP contribution in [0.3, 0.4) is 0 Å². The molecule has 0 unspecified atom stereocenters. The van der Waals surface area contributed by atoms with Crippen molar-refractivity contribution in [2.45, 2.75) is 26.7 Å². The van der Waals surface area contributed by atoms with E-state index in [0.29, 0.717) is 54.5 Å². The maximum Gasteiger partial charge on any atom is 0.253 e. The molecule has 1 aliphatic heterocycles. The lowest BCUT2D eigenvalue weighted by Gasteiger charge is -2.31. The molecule has 1 N–H and O–H groups in total. The summed E-state index contributed by atoms with van der Waals surface area (Å²) in [6.07, 6.45) is 1.20. The van der Waals surface area contributed by atoms with Crippen LogP contribution in [0.25, 0.3) is 11.4 Å². The first-order chi connectivity index (χ1) is 15.4. The minimum Gasteiger partial charge on any atom is -0.339 e. The molecule has 8 heteroatoms. The first-order valence-electron chi connectivity index (χ1n) is 10.5. The predicted octanol–water partition coefficient (Wildman–Crippen LogP) is 3.74. The van der Waals surface area contributed by atoms with Gasteiger partial charge in [0.1, 0.15) is 0 Å². The Morgan fingerprint density at radius 2 is 1.59 bits per heavy atom. The van der Waals surface area contributed by atoms with Crippen LogP contribution < -0.4 is 5.32 Å². The van der Waals surface area contributed by atoms with Crippen LogP contribution in [0.2, 0.25) is 0 Å². The Labute approximate surface area is 185 Å². The lowest BCUT2D eigenvalue weighted by molar-refractivity contribution is -0.121. The molecule has 2 amide bonds.